The van der Waals surface area contributed by atoms with Crippen molar-refractivity contribution in [2.24, 2.45) is 11.8 Å². The molecule has 0 aromatic heterocycles. The van der Waals surface area contributed by atoms with Crippen LogP contribution in [0.25, 0.3) is 0 Å². The molecule has 0 amide bonds. The molecule has 4 aromatic carbocycles. The average Bonchev–Trinajstić information content (AvgIpc) is 3.00. The smallest absolute Gasteiger partial charge is 0.178 e. The van der Waals surface area contributed by atoms with Crippen LogP contribution in [0.2, 0.25) is 0 Å². The first-order valence-electron chi connectivity index (χ1n) is 13.4. The molecule has 0 aliphatic carbocycles. The lowest BCUT2D eigenvalue weighted by Crippen LogP contribution is -2.45. The number of ether oxygens (including phenoxy) is 5. The minimum absolute atomic E-state index is 0.0299. The average molecular weight is 585 g/mol. The summed E-state index contributed by atoms with van der Waals surface area (Å²) in [6.07, 6.45) is -2.07. The topological polar surface area (TPSA) is 141 Å². The molecule has 4 aromatic rings. The zero-order chi connectivity index (χ0) is 30.4. The number of fused-ring (bicyclic) bond motifs is 2. The van der Waals surface area contributed by atoms with E-state index in [9.17, 15) is 24.9 Å². The van der Waals surface area contributed by atoms with Crippen molar-refractivity contribution in [3.05, 3.63) is 95.1 Å². The van der Waals surface area contributed by atoms with Gasteiger partial charge in [0.25, 0.3) is 0 Å². The second kappa shape index (κ2) is 10.8. The van der Waals surface area contributed by atoms with Crippen LogP contribution in [0.1, 0.15) is 44.1 Å². The Labute approximate surface area is 246 Å². The quantitative estimate of drug-likeness (QED) is 0.270. The SMILES string of the molecule is COc1ccc([C@H]2Oc3cc(OC)cc(O)c3C(=O)[C@@H]2[C@@H]2C(=O)c3c(O)cc(O)cc3O[C@H]2c2ccc(OC)cc2)cc1. The van der Waals surface area contributed by atoms with Crippen molar-refractivity contribution in [1.29, 1.82) is 0 Å². The standard InChI is InChI=1S/C33H28O10/c1-39-19-8-4-16(5-9-19)32-28(30(37)26-22(35)12-18(34)13-24(26)42-32)29-31(38)27-23(36)14-21(41-3)15-25(27)43-33(29)17-6-10-20(40-2)11-7-17/h4-15,28-29,32-36H,1-3H3/t28-,29+,32+,33-/m1/s1. The summed E-state index contributed by atoms with van der Waals surface area (Å²) in [7, 11) is 4.48. The van der Waals surface area contributed by atoms with Crippen LogP contribution in [-0.2, 0) is 0 Å². The number of hydrogen-bond acceptors (Lipinski definition) is 10. The van der Waals surface area contributed by atoms with Crippen LogP contribution in [0.5, 0.6) is 46.0 Å². The Balaban J connectivity index is 1.57. The van der Waals surface area contributed by atoms with E-state index in [1.165, 1.54) is 39.5 Å². The summed E-state index contributed by atoms with van der Waals surface area (Å²) in [5.74, 6) is -3.25. The van der Waals surface area contributed by atoms with Crippen LogP contribution in [0.3, 0.4) is 0 Å². The van der Waals surface area contributed by atoms with Crippen molar-refractivity contribution in [3.8, 4) is 46.0 Å². The maximum atomic E-state index is 14.5. The Hall–Kier alpha value is -5.38. The predicted octanol–water partition coefficient (Wildman–Crippen LogP) is 5.39. The second-order valence-corrected chi connectivity index (χ2v) is 10.3. The van der Waals surface area contributed by atoms with Gasteiger partial charge in [0.05, 0.1) is 33.2 Å². The monoisotopic (exact) mass is 584 g/mol. The van der Waals surface area contributed by atoms with Crippen molar-refractivity contribution in [2.75, 3.05) is 21.3 Å². The number of Topliss-reactive ketones (excluding diaryl/α,β-unsaturated/α-hetero) is 2. The molecule has 0 unspecified atom stereocenters. The Morgan fingerprint density at radius 2 is 0.977 bits per heavy atom. The van der Waals surface area contributed by atoms with Gasteiger partial charge in [0.15, 0.2) is 11.6 Å². The van der Waals surface area contributed by atoms with Gasteiger partial charge < -0.3 is 39.0 Å². The molecule has 220 valence electrons. The van der Waals surface area contributed by atoms with Crippen LogP contribution >= 0.6 is 0 Å². The lowest BCUT2D eigenvalue weighted by molar-refractivity contribution is 0.0129. The number of aromatic hydroxyl groups is 3. The number of carbonyl (C=O) groups is 2. The zero-order valence-electron chi connectivity index (χ0n) is 23.4. The van der Waals surface area contributed by atoms with Crippen molar-refractivity contribution in [1.82, 2.24) is 0 Å². The maximum absolute atomic E-state index is 14.5. The molecule has 2 aliphatic rings. The molecular weight excluding hydrogens is 556 g/mol. The van der Waals surface area contributed by atoms with E-state index in [0.29, 0.717) is 22.6 Å². The Morgan fingerprint density at radius 1 is 0.558 bits per heavy atom. The summed E-state index contributed by atoms with van der Waals surface area (Å²) >= 11 is 0. The summed E-state index contributed by atoms with van der Waals surface area (Å²) < 4.78 is 28.6. The Bertz CT molecular complexity index is 1710. The number of ketones is 2. The highest BCUT2D eigenvalue weighted by Gasteiger charge is 2.53. The van der Waals surface area contributed by atoms with Crippen LogP contribution in [0.4, 0.5) is 0 Å². The van der Waals surface area contributed by atoms with Crippen molar-refractivity contribution in [3.63, 3.8) is 0 Å². The van der Waals surface area contributed by atoms with E-state index in [1.54, 1.807) is 48.5 Å². The van der Waals surface area contributed by atoms with Crippen LogP contribution in [0, 0.1) is 11.8 Å². The molecule has 6 rings (SSSR count). The lowest BCUT2D eigenvalue weighted by atomic mass is 9.69. The van der Waals surface area contributed by atoms with E-state index < -0.39 is 41.4 Å². The van der Waals surface area contributed by atoms with Gasteiger partial charge in [-0.1, -0.05) is 24.3 Å². The summed E-state index contributed by atoms with van der Waals surface area (Å²) in [4.78, 5) is 28.9. The van der Waals surface area contributed by atoms with Crippen molar-refractivity contribution < 1.29 is 48.6 Å². The van der Waals surface area contributed by atoms with Crippen LogP contribution < -0.4 is 23.7 Å². The first-order chi connectivity index (χ1) is 20.7. The van der Waals surface area contributed by atoms with Gasteiger partial charge in [-0.3, -0.25) is 9.59 Å². The summed E-state index contributed by atoms with van der Waals surface area (Å²) in [5, 5.41) is 31.8. The molecule has 0 radical (unpaired) electrons. The molecule has 0 bridgehead atoms. The number of phenols is 3. The number of phenolic OH excluding ortho intramolecular Hbond substituents is 3. The van der Waals surface area contributed by atoms with Crippen molar-refractivity contribution in [2.45, 2.75) is 12.2 Å². The maximum Gasteiger partial charge on any atom is 0.178 e. The Kier molecular flexibility index (Phi) is 6.97. The highest BCUT2D eigenvalue weighted by Crippen LogP contribution is 2.53. The molecular formula is C33H28O10. The predicted molar refractivity (Wildman–Crippen MR) is 153 cm³/mol. The fraction of sp³-hybridized carbons (Fsp3) is 0.212. The highest BCUT2D eigenvalue weighted by molar-refractivity contribution is 6.11. The number of methoxy groups -OCH3 is 3. The van der Waals surface area contributed by atoms with Crippen LogP contribution in [-0.4, -0.2) is 48.2 Å². The third kappa shape index (κ3) is 4.70. The van der Waals surface area contributed by atoms with Crippen LogP contribution in [0.15, 0.2) is 72.8 Å². The molecule has 0 saturated heterocycles. The van der Waals surface area contributed by atoms with Gasteiger partial charge in [-0.2, -0.15) is 0 Å². The van der Waals surface area contributed by atoms with E-state index in [4.69, 9.17) is 23.7 Å². The third-order valence-corrected chi connectivity index (χ3v) is 7.89. The molecule has 4 atom stereocenters. The molecule has 43 heavy (non-hydrogen) atoms. The lowest BCUT2D eigenvalue weighted by Gasteiger charge is -2.42. The number of carbonyl (C=O) groups excluding carboxylic acids is 2. The Morgan fingerprint density at radius 3 is 1.42 bits per heavy atom. The van der Waals surface area contributed by atoms with Gasteiger partial charge in [-0.25, -0.2) is 0 Å². The van der Waals surface area contributed by atoms with Gasteiger partial charge >= 0.3 is 0 Å². The molecule has 0 saturated carbocycles. The fourth-order valence-electron chi connectivity index (χ4n) is 5.83. The van der Waals surface area contributed by atoms with E-state index in [1.807, 2.05) is 0 Å². The van der Waals surface area contributed by atoms with Gasteiger partial charge in [-0.15, -0.1) is 0 Å². The van der Waals surface area contributed by atoms with E-state index >= 15 is 0 Å². The molecule has 3 N–H and O–H groups in total. The van der Waals surface area contributed by atoms with E-state index in [-0.39, 0.29) is 39.9 Å². The normalized spacial score (nSPS) is 20.7. The molecule has 0 spiro atoms. The van der Waals surface area contributed by atoms with Gasteiger partial charge in [0, 0.05) is 24.3 Å². The van der Waals surface area contributed by atoms with Gasteiger partial charge in [0.1, 0.15) is 69.3 Å². The summed E-state index contributed by atoms with van der Waals surface area (Å²) in [5.41, 5.74) is 0.837. The first-order valence-corrected chi connectivity index (χ1v) is 13.4. The fourth-order valence-corrected chi connectivity index (χ4v) is 5.83. The molecule has 2 heterocycles. The van der Waals surface area contributed by atoms with Crippen molar-refractivity contribution >= 4 is 11.6 Å². The molecule has 0 fully saturated rings. The number of rotatable bonds is 6. The zero-order valence-corrected chi connectivity index (χ0v) is 23.4. The van der Waals surface area contributed by atoms with Gasteiger partial charge in [0.2, 0.25) is 0 Å². The number of benzene rings is 4. The highest BCUT2D eigenvalue weighted by atomic mass is 16.5. The summed E-state index contributed by atoms with van der Waals surface area (Å²) in [6, 6.07) is 18.8. The third-order valence-electron chi connectivity index (χ3n) is 7.89. The minimum atomic E-state index is -1.23. The number of hydrogen-bond donors (Lipinski definition) is 3. The summed E-state index contributed by atoms with van der Waals surface area (Å²) in [6.45, 7) is 0. The molecule has 2 aliphatic heterocycles. The largest absolute Gasteiger partial charge is 0.508 e. The first kappa shape index (κ1) is 27.8. The second-order valence-electron chi connectivity index (χ2n) is 10.3. The molecule has 10 heteroatoms. The van der Waals surface area contributed by atoms with E-state index in [0.717, 1.165) is 6.07 Å². The minimum Gasteiger partial charge on any atom is -0.508 e. The van der Waals surface area contributed by atoms with E-state index in [2.05, 4.69) is 0 Å². The molecule has 10 nitrogen and oxygen atoms in total. The van der Waals surface area contributed by atoms with Gasteiger partial charge in [-0.05, 0) is 35.4 Å².